The molecule has 2 aliphatic heterocycles. The molecule has 25 heavy (non-hydrogen) atoms. The van der Waals surface area contributed by atoms with Crippen LogP contribution in [0.2, 0.25) is 0 Å². The molecule has 2 aliphatic rings. The fourth-order valence-electron chi connectivity index (χ4n) is 4.39. The van der Waals surface area contributed by atoms with E-state index in [4.69, 9.17) is 4.74 Å². The quantitative estimate of drug-likeness (QED) is 0.846. The van der Waals surface area contributed by atoms with Gasteiger partial charge in [0.05, 0.1) is 25.3 Å². The fraction of sp³-hybridized carbons (Fsp3) is 0.571. The van der Waals surface area contributed by atoms with E-state index < -0.39 is 0 Å². The minimum Gasteiger partial charge on any atom is -0.379 e. The van der Waals surface area contributed by atoms with Crippen LogP contribution in [-0.2, 0) is 9.53 Å². The summed E-state index contributed by atoms with van der Waals surface area (Å²) in [5.74, 6) is 0.209. The summed E-state index contributed by atoms with van der Waals surface area (Å²) in [6, 6.07) is 10.5. The molecule has 136 valence electrons. The molecule has 0 saturated carbocycles. The van der Waals surface area contributed by atoms with Gasteiger partial charge in [-0.25, -0.2) is 0 Å². The maximum atomic E-state index is 13.2. The van der Waals surface area contributed by atoms with Gasteiger partial charge in [-0.05, 0) is 45.3 Å². The van der Waals surface area contributed by atoms with Gasteiger partial charge in [-0.3, -0.25) is 9.69 Å². The average molecular weight is 342 g/mol. The van der Waals surface area contributed by atoms with Crippen molar-refractivity contribution in [1.29, 1.82) is 0 Å². The van der Waals surface area contributed by atoms with Gasteiger partial charge in [-0.2, -0.15) is 0 Å². The molecule has 1 amide bonds. The molecule has 1 fully saturated rings. The zero-order valence-corrected chi connectivity index (χ0v) is 15.9. The number of hydrogen-bond donors (Lipinski definition) is 0. The lowest BCUT2D eigenvalue weighted by Crippen LogP contribution is -2.62. The summed E-state index contributed by atoms with van der Waals surface area (Å²) in [6.45, 7) is 12.3. The van der Waals surface area contributed by atoms with E-state index in [-0.39, 0.29) is 17.0 Å². The minimum absolute atomic E-state index is 0.209. The lowest BCUT2D eigenvalue weighted by atomic mass is 9.78. The van der Waals surface area contributed by atoms with Gasteiger partial charge in [-0.1, -0.05) is 36.4 Å². The maximum Gasteiger partial charge on any atom is 0.237 e. The molecule has 0 atom stereocenters. The van der Waals surface area contributed by atoms with Gasteiger partial charge in [0.2, 0.25) is 5.91 Å². The van der Waals surface area contributed by atoms with E-state index in [1.54, 1.807) is 0 Å². The topological polar surface area (TPSA) is 32.8 Å². The van der Waals surface area contributed by atoms with Crippen molar-refractivity contribution in [2.75, 3.05) is 32.8 Å². The van der Waals surface area contributed by atoms with E-state index >= 15 is 0 Å². The number of ether oxygens (including phenoxy) is 1. The molecule has 2 heterocycles. The highest BCUT2D eigenvalue weighted by atomic mass is 16.5. The molecule has 0 aromatic heterocycles. The van der Waals surface area contributed by atoms with Gasteiger partial charge in [0, 0.05) is 18.6 Å². The van der Waals surface area contributed by atoms with Gasteiger partial charge >= 0.3 is 0 Å². The van der Waals surface area contributed by atoms with Gasteiger partial charge < -0.3 is 9.64 Å². The first-order valence-corrected chi connectivity index (χ1v) is 9.20. The number of morpholine rings is 1. The number of rotatable bonds is 3. The lowest BCUT2D eigenvalue weighted by Gasteiger charge is -2.52. The first-order chi connectivity index (χ1) is 11.8. The zero-order valence-electron chi connectivity index (χ0n) is 15.9. The molecule has 0 spiro atoms. The molecule has 0 radical (unpaired) electrons. The smallest absolute Gasteiger partial charge is 0.237 e. The van der Waals surface area contributed by atoms with Crippen molar-refractivity contribution in [1.82, 2.24) is 9.80 Å². The normalized spacial score (nSPS) is 23.2. The Balaban J connectivity index is 1.84. The van der Waals surface area contributed by atoms with Crippen molar-refractivity contribution in [3.63, 3.8) is 0 Å². The van der Waals surface area contributed by atoms with Crippen molar-refractivity contribution in [2.24, 2.45) is 0 Å². The van der Waals surface area contributed by atoms with E-state index in [0.717, 1.165) is 32.7 Å². The molecule has 0 N–H and O–H groups in total. The van der Waals surface area contributed by atoms with Crippen molar-refractivity contribution in [3.05, 3.63) is 42.0 Å². The van der Waals surface area contributed by atoms with Crippen LogP contribution >= 0.6 is 0 Å². The van der Waals surface area contributed by atoms with Crippen LogP contribution in [0.25, 0.3) is 5.57 Å². The molecule has 1 aromatic rings. The van der Waals surface area contributed by atoms with Crippen LogP contribution in [0.5, 0.6) is 0 Å². The lowest BCUT2D eigenvalue weighted by molar-refractivity contribution is -0.144. The highest BCUT2D eigenvalue weighted by Crippen LogP contribution is 2.41. The molecule has 0 unspecified atom stereocenters. The van der Waals surface area contributed by atoms with Crippen molar-refractivity contribution < 1.29 is 9.53 Å². The molecule has 0 bridgehead atoms. The van der Waals surface area contributed by atoms with Gasteiger partial charge in [0.1, 0.15) is 0 Å². The Kier molecular flexibility index (Phi) is 5.03. The van der Waals surface area contributed by atoms with Crippen molar-refractivity contribution in [3.8, 4) is 0 Å². The van der Waals surface area contributed by atoms with Crippen LogP contribution in [-0.4, -0.2) is 59.6 Å². The first kappa shape index (κ1) is 18.2. The number of benzene rings is 1. The predicted molar refractivity (Wildman–Crippen MR) is 101 cm³/mol. The Hall–Kier alpha value is -1.65. The summed E-state index contributed by atoms with van der Waals surface area (Å²) in [5.41, 5.74) is 2.05. The highest BCUT2D eigenvalue weighted by molar-refractivity contribution is 5.82. The summed E-state index contributed by atoms with van der Waals surface area (Å²) >= 11 is 0. The average Bonchev–Trinajstić information content (AvgIpc) is 2.54. The number of nitrogens with zero attached hydrogens (tertiary/aromatic N) is 2. The maximum absolute atomic E-state index is 13.2. The van der Waals surface area contributed by atoms with Crippen molar-refractivity contribution >= 4 is 11.5 Å². The number of amides is 1. The molecule has 1 saturated heterocycles. The van der Waals surface area contributed by atoms with Crippen LogP contribution in [0.1, 0.15) is 39.7 Å². The van der Waals surface area contributed by atoms with Crippen molar-refractivity contribution in [2.45, 2.75) is 45.2 Å². The Morgan fingerprint density at radius 1 is 1.08 bits per heavy atom. The largest absolute Gasteiger partial charge is 0.379 e. The molecule has 3 rings (SSSR count). The Morgan fingerprint density at radius 2 is 1.72 bits per heavy atom. The SMILES string of the molecule is CC1(C)C=C(c2ccccc2)CC(C)(C)N1C(=O)CN1CCOCC1. The van der Waals surface area contributed by atoms with E-state index in [1.807, 2.05) is 6.07 Å². The Morgan fingerprint density at radius 3 is 2.32 bits per heavy atom. The van der Waals surface area contributed by atoms with Crippen LogP contribution in [0, 0.1) is 0 Å². The van der Waals surface area contributed by atoms with Gasteiger partial charge in [0.25, 0.3) is 0 Å². The summed E-state index contributed by atoms with van der Waals surface area (Å²) in [5, 5.41) is 0. The molecular weight excluding hydrogens is 312 g/mol. The third kappa shape index (κ3) is 3.96. The van der Waals surface area contributed by atoms with E-state index in [0.29, 0.717) is 6.54 Å². The van der Waals surface area contributed by atoms with Crippen LogP contribution in [0.15, 0.2) is 36.4 Å². The van der Waals surface area contributed by atoms with E-state index in [2.05, 4.69) is 67.8 Å². The number of carbonyl (C=O) groups is 1. The van der Waals surface area contributed by atoms with Gasteiger partial charge in [-0.15, -0.1) is 0 Å². The van der Waals surface area contributed by atoms with Crippen LogP contribution < -0.4 is 0 Å². The predicted octanol–water partition coefficient (Wildman–Crippen LogP) is 3.19. The molecule has 0 aliphatic carbocycles. The summed E-state index contributed by atoms with van der Waals surface area (Å²) in [7, 11) is 0. The van der Waals surface area contributed by atoms with E-state index in [9.17, 15) is 4.79 Å². The zero-order chi connectivity index (χ0) is 18.1. The Bertz CT molecular complexity index is 643. The second kappa shape index (κ2) is 6.93. The number of carbonyl (C=O) groups excluding carboxylic acids is 1. The van der Waals surface area contributed by atoms with Crippen LogP contribution in [0.3, 0.4) is 0 Å². The molecule has 4 heteroatoms. The third-order valence-electron chi connectivity index (χ3n) is 5.19. The summed E-state index contributed by atoms with van der Waals surface area (Å²) < 4.78 is 5.40. The monoisotopic (exact) mass is 342 g/mol. The van der Waals surface area contributed by atoms with Crippen LogP contribution in [0.4, 0.5) is 0 Å². The standard InChI is InChI=1S/C21H30N2O2/c1-20(2)14-18(17-8-6-5-7-9-17)15-21(3,4)23(20)19(24)16-22-10-12-25-13-11-22/h5-9,14H,10-13,15-16H2,1-4H3. The third-order valence-corrected chi connectivity index (χ3v) is 5.19. The Labute approximate surface area is 151 Å². The van der Waals surface area contributed by atoms with Gasteiger partial charge in [0.15, 0.2) is 0 Å². The summed E-state index contributed by atoms with van der Waals surface area (Å²) in [4.78, 5) is 17.4. The molecule has 1 aromatic carbocycles. The second-order valence-corrected chi connectivity index (χ2v) is 8.30. The molecular formula is C21H30N2O2. The number of hydrogen-bond acceptors (Lipinski definition) is 3. The molecule has 4 nitrogen and oxygen atoms in total. The highest BCUT2D eigenvalue weighted by Gasteiger charge is 2.44. The first-order valence-electron chi connectivity index (χ1n) is 9.20. The fourth-order valence-corrected chi connectivity index (χ4v) is 4.39. The van der Waals surface area contributed by atoms with E-state index in [1.165, 1.54) is 11.1 Å². The minimum atomic E-state index is -0.309. The second-order valence-electron chi connectivity index (χ2n) is 8.30. The summed E-state index contributed by atoms with van der Waals surface area (Å²) in [6.07, 6.45) is 3.14.